The molecule has 1 aliphatic carbocycles. The molecule has 3 heteroatoms. The molecule has 0 radical (unpaired) electrons. The van der Waals surface area contributed by atoms with E-state index < -0.39 is 11.4 Å². The van der Waals surface area contributed by atoms with Crippen LogP contribution in [0.5, 0.6) is 0 Å². The molecular formula is C13H23NO2. The van der Waals surface area contributed by atoms with Crippen molar-refractivity contribution in [3.8, 4) is 0 Å². The van der Waals surface area contributed by atoms with Gasteiger partial charge in [-0.25, -0.2) is 0 Å². The van der Waals surface area contributed by atoms with Crippen LogP contribution >= 0.6 is 0 Å². The summed E-state index contributed by atoms with van der Waals surface area (Å²) in [5, 5.41) is 9.52. The van der Waals surface area contributed by atoms with Crippen molar-refractivity contribution in [1.29, 1.82) is 0 Å². The van der Waals surface area contributed by atoms with E-state index >= 15 is 0 Å². The first-order valence-electron chi connectivity index (χ1n) is 6.58. The van der Waals surface area contributed by atoms with Gasteiger partial charge >= 0.3 is 5.97 Å². The van der Waals surface area contributed by atoms with E-state index in [0.29, 0.717) is 6.04 Å². The standard InChI is InChI=1S/C13H23NO2/c1-14-9-5-6-11(14)10-13(12(15)16)7-3-2-4-8-13/h11H,2-10H2,1H3,(H,15,16). The van der Waals surface area contributed by atoms with Crippen LogP contribution in [0.1, 0.15) is 51.4 Å². The molecule has 2 rings (SSSR count). The van der Waals surface area contributed by atoms with E-state index in [0.717, 1.165) is 38.6 Å². The largest absolute Gasteiger partial charge is 0.481 e. The van der Waals surface area contributed by atoms with Crippen LogP contribution in [0.25, 0.3) is 0 Å². The minimum absolute atomic E-state index is 0.401. The molecule has 0 aromatic rings. The van der Waals surface area contributed by atoms with E-state index in [-0.39, 0.29) is 0 Å². The maximum Gasteiger partial charge on any atom is 0.309 e. The lowest BCUT2D eigenvalue weighted by molar-refractivity contribution is -0.152. The molecule has 2 aliphatic rings. The van der Waals surface area contributed by atoms with Crippen molar-refractivity contribution < 1.29 is 9.90 Å². The number of carboxylic acids is 1. The van der Waals surface area contributed by atoms with Crippen molar-refractivity contribution in [3.63, 3.8) is 0 Å². The van der Waals surface area contributed by atoms with E-state index in [1.165, 1.54) is 19.3 Å². The van der Waals surface area contributed by atoms with E-state index in [9.17, 15) is 9.90 Å². The van der Waals surface area contributed by atoms with Gasteiger partial charge in [0.15, 0.2) is 0 Å². The van der Waals surface area contributed by atoms with Gasteiger partial charge < -0.3 is 10.0 Å². The van der Waals surface area contributed by atoms with Gasteiger partial charge in [-0.2, -0.15) is 0 Å². The van der Waals surface area contributed by atoms with Gasteiger partial charge in [0.05, 0.1) is 5.41 Å². The molecule has 3 nitrogen and oxygen atoms in total. The van der Waals surface area contributed by atoms with Gasteiger partial charge in [-0.05, 0) is 45.7 Å². The molecule has 2 fully saturated rings. The fourth-order valence-electron chi connectivity index (χ4n) is 3.42. The highest BCUT2D eigenvalue weighted by Gasteiger charge is 2.42. The third-order valence-corrected chi connectivity index (χ3v) is 4.56. The number of likely N-dealkylation sites (tertiary alicyclic amines) is 1. The van der Waals surface area contributed by atoms with Crippen molar-refractivity contribution in [2.45, 2.75) is 57.4 Å². The van der Waals surface area contributed by atoms with Crippen LogP contribution in [-0.2, 0) is 4.79 Å². The number of hydrogen-bond acceptors (Lipinski definition) is 2. The molecule has 1 saturated carbocycles. The average Bonchev–Trinajstić information content (AvgIpc) is 2.65. The molecule has 1 saturated heterocycles. The zero-order valence-electron chi connectivity index (χ0n) is 10.2. The Hall–Kier alpha value is -0.570. The van der Waals surface area contributed by atoms with Crippen LogP contribution in [0, 0.1) is 5.41 Å². The number of aliphatic carboxylic acids is 1. The molecule has 0 spiro atoms. The molecular weight excluding hydrogens is 202 g/mol. The minimum atomic E-state index is -0.549. The second-order valence-electron chi connectivity index (χ2n) is 5.63. The smallest absolute Gasteiger partial charge is 0.309 e. The second kappa shape index (κ2) is 4.74. The highest BCUT2D eigenvalue weighted by atomic mass is 16.4. The van der Waals surface area contributed by atoms with Gasteiger partial charge in [0, 0.05) is 6.04 Å². The summed E-state index contributed by atoms with van der Waals surface area (Å²) >= 11 is 0. The Bertz CT molecular complexity index is 259. The molecule has 16 heavy (non-hydrogen) atoms. The van der Waals surface area contributed by atoms with E-state index in [2.05, 4.69) is 11.9 Å². The molecule has 0 aromatic heterocycles. The monoisotopic (exact) mass is 225 g/mol. The van der Waals surface area contributed by atoms with Crippen molar-refractivity contribution in [2.75, 3.05) is 13.6 Å². The first-order valence-corrected chi connectivity index (χ1v) is 6.58. The Morgan fingerprint density at radius 3 is 2.50 bits per heavy atom. The number of hydrogen-bond donors (Lipinski definition) is 1. The van der Waals surface area contributed by atoms with Gasteiger partial charge in [0.25, 0.3) is 0 Å². The van der Waals surface area contributed by atoms with Crippen LogP contribution in [0.4, 0.5) is 0 Å². The fraction of sp³-hybridized carbons (Fsp3) is 0.923. The Labute approximate surface area is 97.8 Å². The van der Waals surface area contributed by atoms with Gasteiger partial charge in [-0.1, -0.05) is 19.3 Å². The number of carbonyl (C=O) groups is 1. The van der Waals surface area contributed by atoms with Crippen LogP contribution < -0.4 is 0 Å². The van der Waals surface area contributed by atoms with E-state index in [1.54, 1.807) is 0 Å². The molecule has 0 aromatic carbocycles. The Kier molecular flexibility index (Phi) is 3.53. The summed E-state index contributed by atoms with van der Waals surface area (Å²) in [6.45, 7) is 1.14. The molecule has 1 aliphatic heterocycles. The summed E-state index contributed by atoms with van der Waals surface area (Å²) in [5.41, 5.74) is -0.401. The van der Waals surface area contributed by atoms with E-state index in [1.807, 2.05) is 0 Å². The van der Waals surface area contributed by atoms with Gasteiger partial charge in [0.1, 0.15) is 0 Å². The third kappa shape index (κ3) is 2.24. The zero-order chi connectivity index (χ0) is 11.6. The lowest BCUT2D eigenvalue weighted by atomic mass is 9.70. The van der Waals surface area contributed by atoms with Crippen molar-refractivity contribution in [1.82, 2.24) is 4.90 Å². The molecule has 1 unspecified atom stereocenters. The highest BCUT2D eigenvalue weighted by molar-refractivity contribution is 5.74. The molecule has 1 atom stereocenters. The first-order chi connectivity index (χ1) is 7.64. The lowest BCUT2D eigenvalue weighted by Gasteiger charge is -2.36. The quantitative estimate of drug-likeness (QED) is 0.802. The molecule has 1 N–H and O–H groups in total. The summed E-state index contributed by atoms with van der Waals surface area (Å²) < 4.78 is 0. The van der Waals surface area contributed by atoms with Crippen LogP contribution in [-0.4, -0.2) is 35.6 Å². The average molecular weight is 225 g/mol. The third-order valence-electron chi connectivity index (χ3n) is 4.56. The first kappa shape index (κ1) is 11.9. The highest BCUT2D eigenvalue weighted by Crippen LogP contribution is 2.42. The SMILES string of the molecule is CN1CCCC1CC1(C(=O)O)CCCCC1. The summed E-state index contributed by atoms with van der Waals surface area (Å²) in [7, 11) is 2.13. The summed E-state index contributed by atoms with van der Waals surface area (Å²) in [4.78, 5) is 13.9. The Morgan fingerprint density at radius 1 is 1.31 bits per heavy atom. The lowest BCUT2D eigenvalue weighted by Crippen LogP contribution is -2.40. The minimum Gasteiger partial charge on any atom is -0.481 e. The molecule has 1 heterocycles. The van der Waals surface area contributed by atoms with Crippen molar-refractivity contribution in [3.05, 3.63) is 0 Å². The second-order valence-corrected chi connectivity index (χ2v) is 5.63. The van der Waals surface area contributed by atoms with Gasteiger partial charge in [-0.15, -0.1) is 0 Å². The predicted octanol–water partition coefficient (Wildman–Crippen LogP) is 2.51. The topological polar surface area (TPSA) is 40.5 Å². The van der Waals surface area contributed by atoms with Crippen LogP contribution in [0.3, 0.4) is 0 Å². The number of nitrogens with zero attached hydrogens (tertiary/aromatic N) is 1. The Morgan fingerprint density at radius 2 is 2.00 bits per heavy atom. The Balaban J connectivity index is 2.04. The van der Waals surface area contributed by atoms with Gasteiger partial charge in [-0.3, -0.25) is 4.79 Å². The summed E-state index contributed by atoms with van der Waals surface area (Å²) in [5.74, 6) is -0.549. The molecule has 0 amide bonds. The van der Waals surface area contributed by atoms with Crippen LogP contribution in [0.15, 0.2) is 0 Å². The van der Waals surface area contributed by atoms with E-state index in [4.69, 9.17) is 0 Å². The number of carboxylic acid groups (broad SMARTS) is 1. The molecule has 0 bridgehead atoms. The van der Waals surface area contributed by atoms with Crippen LogP contribution in [0.2, 0.25) is 0 Å². The molecule has 92 valence electrons. The van der Waals surface area contributed by atoms with Crippen molar-refractivity contribution >= 4 is 5.97 Å². The summed E-state index contributed by atoms with van der Waals surface area (Å²) in [6.07, 6.45) is 8.50. The van der Waals surface area contributed by atoms with Gasteiger partial charge in [0.2, 0.25) is 0 Å². The number of rotatable bonds is 3. The maximum atomic E-state index is 11.6. The van der Waals surface area contributed by atoms with Crippen molar-refractivity contribution in [2.24, 2.45) is 5.41 Å². The summed E-state index contributed by atoms with van der Waals surface area (Å²) in [6, 6.07) is 0.509. The normalized spacial score (nSPS) is 30.4. The fourth-order valence-corrected chi connectivity index (χ4v) is 3.42. The maximum absolute atomic E-state index is 11.6. The predicted molar refractivity (Wildman–Crippen MR) is 63.4 cm³/mol. The zero-order valence-corrected chi connectivity index (χ0v) is 10.2.